The topological polar surface area (TPSA) is 37.3 Å². The van der Waals surface area contributed by atoms with Crippen molar-refractivity contribution < 1.29 is 9.90 Å². The molecular weight excluding hydrogens is 176 g/mol. The Morgan fingerprint density at radius 3 is 2.71 bits per heavy atom. The van der Waals surface area contributed by atoms with Crippen molar-refractivity contribution in [2.24, 2.45) is 23.2 Å². The zero-order valence-electron chi connectivity index (χ0n) is 9.29. The molecule has 2 heteroatoms. The van der Waals surface area contributed by atoms with E-state index < -0.39 is 0 Å². The predicted molar refractivity (Wildman–Crippen MR) is 54.8 cm³/mol. The maximum atomic E-state index is 12.1. The Balaban J connectivity index is 2.28. The molecule has 0 aromatic carbocycles. The summed E-state index contributed by atoms with van der Waals surface area (Å²) in [6.07, 6.45) is 2.41. The van der Waals surface area contributed by atoms with Crippen molar-refractivity contribution in [2.45, 2.75) is 46.1 Å². The predicted octanol–water partition coefficient (Wildman–Crippen LogP) is 2.01. The molecular formula is C12H20O2. The zero-order chi connectivity index (χ0) is 10.5. The van der Waals surface area contributed by atoms with Gasteiger partial charge >= 0.3 is 0 Å². The van der Waals surface area contributed by atoms with Gasteiger partial charge in [0, 0.05) is 11.3 Å². The summed E-state index contributed by atoms with van der Waals surface area (Å²) in [6.45, 7) is 6.34. The monoisotopic (exact) mass is 196 g/mol. The van der Waals surface area contributed by atoms with Crippen molar-refractivity contribution in [3.63, 3.8) is 0 Å². The lowest BCUT2D eigenvalue weighted by molar-refractivity contribution is -0.134. The van der Waals surface area contributed by atoms with Gasteiger partial charge < -0.3 is 5.11 Å². The molecule has 0 amide bonds. The van der Waals surface area contributed by atoms with E-state index in [-0.39, 0.29) is 17.4 Å². The van der Waals surface area contributed by atoms with Crippen LogP contribution in [0, 0.1) is 23.2 Å². The number of aliphatic hydroxyl groups excluding tert-OH is 1. The molecule has 2 bridgehead atoms. The lowest BCUT2D eigenvalue weighted by Crippen LogP contribution is -2.38. The zero-order valence-corrected chi connectivity index (χ0v) is 9.29. The summed E-state index contributed by atoms with van der Waals surface area (Å²) in [5, 5.41) is 9.93. The highest BCUT2D eigenvalue weighted by molar-refractivity contribution is 5.90. The van der Waals surface area contributed by atoms with Crippen molar-refractivity contribution in [3.05, 3.63) is 0 Å². The lowest BCUT2D eigenvalue weighted by atomic mass is 9.68. The standard InChI is InChI=1S/C12H20O2/c1-7(2)8-4-5-12(3)6-9(13)10(8)11(12)14/h7-10,13H,4-6H2,1-3H3/t8-,9+,10-,12+/m1/s1. The maximum Gasteiger partial charge on any atom is 0.144 e. The summed E-state index contributed by atoms with van der Waals surface area (Å²) in [7, 11) is 0. The van der Waals surface area contributed by atoms with Gasteiger partial charge in [-0.15, -0.1) is 0 Å². The number of ketones is 1. The third kappa shape index (κ3) is 1.23. The van der Waals surface area contributed by atoms with Gasteiger partial charge in [-0.25, -0.2) is 0 Å². The Hall–Kier alpha value is -0.370. The number of aliphatic hydroxyl groups is 1. The van der Waals surface area contributed by atoms with E-state index in [0.717, 1.165) is 12.8 Å². The molecule has 2 aliphatic carbocycles. The Kier molecular flexibility index (Phi) is 2.22. The van der Waals surface area contributed by atoms with Gasteiger partial charge in [-0.3, -0.25) is 4.79 Å². The minimum absolute atomic E-state index is 0.0613. The van der Waals surface area contributed by atoms with E-state index in [4.69, 9.17) is 0 Å². The van der Waals surface area contributed by atoms with Crippen LogP contribution in [0.2, 0.25) is 0 Å². The van der Waals surface area contributed by atoms with Crippen LogP contribution in [0.25, 0.3) is 0 Å². The van der Waals surface area contributed by atoms with E-state index in [1.54, 1.807) is 0 Å². The smallest absolute Gasteiger partial charge is 0.144 e. The van der Waals surface area contributed by atoms with Crippen LogP contribution in [-0.2, 0) is 4.79 Å². The fourth-order valence-corrected chi connectivity index (χ4v) is 3.38. The van der Waals surface area contributed by atoms with Crippen LogP contribution in [0.15, 0.2) is 0 Å². The second kappa shape index (κ2) is 3.06. The number of rotatable bonds is 1. The summed E-state index contributed by atoms with van der Waals surface area (Å²) in [5.74, 6) is 1.19. The fourth-order valence-electron chi connectivity index (χ4n) is 3.38. The first kappa shape index (κ1) is 10.2. The van der Waals surface area contributed by atoms with Crippen LogP contribution in [0.1, 0.15) is 40.0 Å². The van der Waals surface area contributed by atoms with E-state index >= 15 is 0 Å². The summed E-state index contributed by atoms with van der Waals surface area (Å²) in [4.78, 5) is 12.1. The molecule has 2 rings (SSSR count). The van der Waals surface area contributed by atoms with Gasteiger partial charge in [-0.05, 0) is 31.1 Å². The van der Waals surface area contributed by atoms with Crippen molar-refractivity contribution in [1.82, 2.24) is 0 Å². The SMILES string of the molecule is CC(C)[C@H]1CC[C@@]2(C)C[C@H](O)[C@@H]1C2=O. The number of hydrogen-bond acceptors (Lipinski definition) is 2. The van der Waals surface area contributed by atoms with Crippen molar-refractivity contribution in [1.29, 1.82) is 0 Å². The number of Topliss-reactive ketones (excluding diaryl/α,β-unsaturated/α-hetero) is 1. The molecule has 4 atom stereocenters. The van der Waals surface area contributed by atoms with Crippen LogP contribution in [-0.4, -0.2) is 17.0 Å². The Bertz CT molecular complexity index is 259. The third-order valence-electron chi connectivity index (χ3n) is 4.32. The van der Waals surface area contributed by atoms with Gasteiger partial charge in [-0.2, -0.15) is 0 Å². The summed E-state index contributed by atoms with van der Waals surface area (Å²) < 4.78 is 0. The van der Waals surface area contributed by atoms with E-state index in [9.17, 15) is 9.90 Å². The second-order valence-electron chi connectivity index (χ2n) is 5.67. The molecule has 2 nitrogen and oxygen atoms in total. The van der Waals surface area contributed by atoms with Crippen LogP contribution in [0.5, 0.6) is 0 Å². The Morgan fingerprint density at radius 1 is 1.50 bits per heavy atom. The molecule has 0 aromatic heterocycles. The van der Waals surface area contributed by atoms with Crippen molar-refractivity contribution in [3.8, 4) is 0 Å². The number of fused-ring (bicyclic) bond motifs is 2. The highest BCUT2D eigenvalue weighted by atomic mass is 16.3. The Labute approximate surface area is 85.7 Å². The summed E-state index contributed by atoms with van der Waals surface area (Å²) >= 11 is 0. The first-order chi connectivity index (χ1) is 6.46. The largest absolute Gasteiger partial charge is 0.392 e. The number of carbonyl (C=O) groups excluding carboxylic acids is 1. The summed E-state index contributed by atoms with van der Waals surface area (Å²) in [5.41, 5.74) is -0.199. The minimum atomic E-state index is -0.373. The molecule has 0 aromatic rings. The van der Waals surface area contributed by atoms with E-state index in [1.807, 2.05) is 6.92 Å². The van der Waals surface area contributed by atoms with Gasteiger partial charge in [0.1, 0.15) is 5.78 Å². The first-order valence-electron chi connectivity index (χ1n) is 5.68. The van der Waals surface area contributed by atoms with Gasteiger partial charge in [-0.1, -0.05) is 20.8 Å². The van der Waals surface area contributed by atoms with Crippen LogP contribution >= 0.6 is 0 Å². The number of hydrogen-bond donors (Lipinski definition) is 1. The molecule has 0 radical (unpaired) electrons. The van der Waals surface area contributed by atoms with Crippen LogP contribution in [0.3, 0.4) is 0 Å². The van der Waals surface area contributed by atoms with Crippen molar-refractivity contribution >= 4 is 5.78 Å². The number of carbonyl (C=O) groups is 1. The maximum absolute atomic E-state index is 12.1. The molecule has 0 spiro atoms. The van der Waals surface area contributed by atoms with Crippen molar-refractivity contribution in [2.75, 3.05) is 0 Å². The van der Waals surface area contributed by atoms with Crippen LogP contribution < -0.4 is 0 Å². The normalized spacial score (nSPS) is 47.5. The van der Waals surface area contributed by atoms with E-state index in [0.29, 0.717) is 24.0 Å². The van der Waals surface area contributed by atoms with Gasteiger partial charge in [0.15, 0.2) is 0 Å². The quantitative estimate of drug-likeness (QED) is 0.696. The Morgan fingerprint density at radius 2 is 2.14 bits per heavy atom. The first-order valence-corrected chi connectivity index (χ1v) is 5.68. The van der Waals surface area contributed by atoms with Gasteiger partial charge in [0.25, 0.3) is 0 Å². The average molecular weight is 196 g/mol. The van der Waals surface area contributed by atoms with E-state index in [2.05, 4.69) is 13.8 Å². The second-order valence-corrected chi connectivity index (χ2v) is 5.67. The molecule has 0 saturated heterocycles. The molecule has 2 aliphatic rings. The molecule has 2 saturated carbocycles. The molecule has 80 valence electrons. The highest BCUT2D eigenvalue weighted by Crippen LogP contribution is 2.52. The highest BCUT2D eigenvalue weighted by Gasteiger charge is 2.55. The minimum Gasteiger partial charge on any atom is -0.392 e. The van der Waals surface area contributed by atoms with Gasteiger partial charge in [0.05, 0.1) is 6.10 Å². The molecule has 2 fully saturated rings. The van der Waals surface area contributed by atoms with Gasteiger partial charge in [0.2, 0.25) is 0 Å². The third-order valence-corrected chi connectivity index (χ3v) is 4.32. The molecule has 14 heavy (non-hydrogen) atoms. The summed E-state index contributed by atoms with van der Waals surface area (Å²) in [6, 6.07) is 0. The molecule has 0 unspecified atom stereocenters. The molecule has 0 aliphatic heterocycles. The average Bonchev–Trinajstić information content (AvgIpc) is 2.25. The molecule has 1 N–H and O–H groups in total. The molecule has 0 heterocycles. The van der Waals surface area contributed by atoms with Crippen LogP contribution in [0.4, 0.5) is 0 Å². The lowest BCUT2D eigenvalue weighted by Gasteiger charge is -2.35. The fraction of sp³-hybridized carbons (Fsp3) is 0.917. The van der Waals surface area contributed by atoms with E-state index in [1.165, 1.54) is 0 Å².